The second-order valence-corrected chi connectivity index (χ2v) is 6.06. The van der Waals surface area contributed by atoms with E-state index in [2.05, 4.69) is 83.3 Å². The molecule has 0 fully saturated rings. The fraction of sp³-hybridized carbons (Fsp3) is 0.294. The van der Waals surface area contributed by atoms with Crippen molar-refractivity contribution in [3.8, 4) is 0 Å². The van der Waals surface area contributed by atoms with Gasteiger partial charge in [0, 0.05) is 23.6 Å². The first-order valence-electron chi connectivity index (χ1n) is 6.82. The van der Waals surface area contributed by atoms with Crippen molar-refractivity contribution in [3.63, 3.8) is 0 Å². The number of aryl methyl sites for hydroxylation is 1. The topological polar surface area (TPSA) is 29.3 Å². The summed E-state index contributed by atoms with van der Waals surface area (Å²) in [7, 11) is 2.13. The molecule has 0 amide bonds. The molecule has 2 aromatic rings. The van der Waals surface area contributed by atoms with E-state index < -0.39 is 0 Å². The number of hydrogen-bond acceptors (Lipinski definition) is 2. The summed E-state index contributed by atoms with van der Waals surface area (Å²) in [4.78, 5) is 2.31. The summed E-state index contributed by atoms with van der Waals surface area (Å²) in [6, 6.07) is 17.1. The van der Waals surface area contributed by atoms with Crippen molar-refractivity contribution >= 4 is 15.9 Å². The van der Waals surface area contributed by atoms with Crippen LogP contribution in [0.25, 0.3) is 0 Å². The Labute approximate surface area is 129 Å². The third-order valence-corrected chi connectivity index (χ3v) is 4.22. The van der Waals surface area contributed by atoms with E-state index in [9.17, 15) is 0 Å². The van der Waals surface area contributed by atoms with Gasteiger partial charge in [0.25, 0.3) is 0 Å². The lowest BCUT2D eigenvalue weighted by molar-refractivity contribution is 0.241. The van der Waals surface area contributed by atoms with E-state index in [0.29, 0.717) is 6.54 Å². The highest BCUT2D eigenvalue weighted by Gasteiger charge is 2.16. The fourth-order valence-corrected chi connectivity index (χ4v) is 2.69. The SMILES string of the molecule is Cc1ccccc1CN(C)C(CN)c1ccc(Br)cc1. The molecule has 0 spiro atoms. The number of benzene rings is 2. The normalized spacial score (nSPS) is 12.7. The van der Waals surface area contributed by atoms with Crippen LogP contribution in [0.1, 0.15) is 22.7 Å². The molecule has 0 saturated carbocycles. The average molecular weight is 333 g/mol. The van der Waals surface area contributed by atoms with Crippen LogP contribution in [0.5, 0.6) is 0 Å². The largest absolute Gasteiger partial charge is 0.329 e. The first-order valence-corrected chi connectivity index (χ1v) is 7.61. The maximum atomic E-state index is 5.98. The van der Waals surface area contributed by atoms with Gasteiger partial charge in [-0.05, 0) is 42.8 Å². The van der Waals surface area contributed by atoms with Crippen LogP contribution in [0.2, 0.25) is 0 Å². The zero-order chi connectivity index (χ0) is 14.5. The van der Waals surface area contributed by atoms with Gasteiger partial charge in [0.1, 0.15) is 0 Å². The van der Waals surface area contributed by atoms with Crippen molar-refractivity contribution in [1.82, 2.24) is 4.90 Å². The van der Waals surface area contributed by atoms with Crippen LogP contribution in [-0.2, 0) is 6.54 Å². The van der Waals surface area contributed by atoms with Gasteiger partial charge in [-0.15, -0.1) is 0 Å². The minimum Gasteiger partial charge on any atom is -0.329 e. The van der Waals surface area contributed by atoms with Crippen LogP contribution in [0.3, 0.4) is 0 Å². The number of halogens is 1. The van der Waals surface area contributed by atoms with Gasteiger partial charge in [-0.25, -0.2) is 0 Å². The summed E-state index contributed by atoms with van der Waals surface area (Å²) in [5.41, 5.74) is 9.92. The first-order chi connectivity index (χ1) is 9.61. The van der Waals surface area contributed by atoms with Crippen LogP contribution < -0.4 is 5.73 Å². The Morgan fingerprint density at radius 2 is 1.75 bits per heavy atom. The number of rotatable bonds is 5. The lowest BCUT2D eigenvalue weighted by Crippen LogP contribution is -2.30. The molecule has 3 heteroatoms. The van der Waals surface area contributed by atoms with E-state index in [0.717, 1.165) is 11.0 Å². The van der Waals surface area contributed by atoms with Crippen LogP contribution in [0.4, 0.5) is 0 Å². The Balaban J connectivity index is 2.15. The van der Waals surface area contributed by atoms with Crippen molar-refractivity contribution in [1.29, 1.82) is 0 Å². The Kier molecular flexibility index (Phi) is 5.35. The molecule has 2 N–H and O–H groups in total. The summed E-state index contributed by atoms with van der Waals surface area (Å²) < 4.78 is 1.10. The third-order valence-electron chi connectivity index (χ3n) is 3.69. The number of hydrogen-bond donors (Lipinski definition) is 1. The summed E-state index contributed by atoms with van der Waals surface area (Å²) in [5.74, 6) is 0. The van der Waals surface area contributed by atoms with E-state index in [1.807, 2.05) is 0 Å². The zero-order valence-corrected chi connectivity index (χ0v) is 13.6. The van der Waals surface area contributed by atoms with Crippen molar-refractivity contribution in [2.75, 3.05) is 13.6 Å². The highest BCUT2D eigenvalue weighted by Crippen LogP contribution is 2.23. The molecule has 1 unspecified atom stereocenters. The Morgan fingerprint density at radius 3 is 2.35 bits per heavy atom. The van der Waals surface area contributed by atoms with E-state index in [-0.39, 0.29) is 6.04 Å². The van der Waals surface area contributed by atoms with Crippen molar-refractivity contribution in [2.24, 2.45) is 5.73 Å². The predicted octanol–water partition coefficient (Wildman–Crippen LogP) is 3.89. The number of nitrogens with zero attached hydrogens (tertiary/aromatic N) is 1. The lowest BCUT2D eigenvalue weighted by Gasteiger charge is -2.28. The first kappa shape index (κ1) is 15.2. The van der Waals surface area contributed by atoms with Crippen LogP contribution in [-0.4, -0.2) is 18.5 Å². The average Bonchev–Trinajstić information content (AvgIpc) is 2.44. The number of nitrogens with two attached hydrogens (primary N) is 1. The Morgan fingerprint density at radius 1 is 1.10 bits per heavy atom. The summed E-state index contributed by atoms with van der Waals surface area (Å²) in [5, 5.41) is 0. The third kappa shape index (κ3) is 3.69. The quantitative estimate of drug-likeness (QED) is 0.899. The van der Waals surface area contributed by atoms with Crippen molar-refractivity contribution in [2.45, 2.75) is 19.5 Å². The van der Waals surface area contributed by atoms with Gasteiger partial charge in [0.2, 0.25) is 0 Å². The molecule has 0 saturated heterocycles. The van der Waals surface area contributed by atoms with Crippen LogP contribution in [0.15, 0.2) is 53.0 Å². The van der Waals surface area contributed by atoms with Crippen LogP contribution in [0, 0.1) is 6.92 Å². The molecular formula is C17H21BrN2. The van der Waals surface area contributed by atoms with E-state index in [1.165, 1.54) is 16.7 Å². The molecule has 0 bridgehead atoms. The molecule has 0 aliphatic heterocycles. The lowest BCUT2D eigenvalue weighted by atomic mass is 10.0. The van der Waals surface area contributed by atoms with E-state index >= 15 is 0 Å². The molecule has 2 aromatic carbocycles. The highest BCUT2D eigenvalue weighted by molar-refractivity contribution is 9.10. The molecule has 1 atom stereocenters. The zero-order valence-electron chi connectivity index (χ0n) is 12.0. The molecule has 0 aliphatic rings. The monoisotopic (exact) mass is 332 g/mol. The Bertz CT molecular complexity index is 551. The summed E-state index contributed by atoms with van der Waals surface area (Å²) in [6.45, 7) is 3.68. The minimum atomic E-state index is 0.239. The molecule has 20 heavy (non-hydrogen) atoms. The van der Waals surface area contributed by atoms with Crippen molar-refractivity contribution < 1.29 is 0 Å². The molecule has 0 heterocycles. The van der Waals surface area contributed by atoms with Gasteiger partial charge < -0.3 is 5.73 Å². The molecule has 2 rings (SSSR count). The number of likely N-dealkylation sites (N-methyl/N-ethyl adjacent to an activating group) is 1. The predicted molar refractivity (Wildman–Crippen MR) is 88.6 cm³/mol. The highest BCUT2D eigenvalue weighted by atomic mass is 79.9. The van der Waals surface area contributed by atoms with Crippen molar-refractivity contribution in [3.05, 3.63) is 69.7 Å². The Hall–Kier alpha value is -1.16. The van der Waals surface area contributed by atoms with Gasteiger partial charge in [-0.3, -0.25) is 4.90 Å². The van der Waals surface area contributed by atoms with Gasteiger partial charge in [0.15, 0.2) is 0 Å². The second kappa shape index (κ2) is 7.02. The second-order valence-electron chi connectivity index (χ2n) is 5.14. The molecule has 106 valence electrons. The van der Waals surface area contributed by atoms with Gasteiger partial charge in [0.05, 0.1) is 0 Å². The van der Waals surface area contributed by atoms with E-state index in [4.69, 9.17) is 5.73 Å². The fourth-order valence-electron chi connectivity index (χ4n) is 2.42. The molecule has 0 aromatic heterocycles. The molecule has 2 nitrogen and oxygen atoms in total. The van der Waals surface area contributed by atoms with Gasteiger partial charge in [-0.1, -0.05) is 52.3 Å². The summed E-state index contributed by atoms with van der Waals surface area (Å²) in [6.07, 6.45) is 0. The summed E-state index contributed by atoms with van der Waals surface area (Å²) >= 11 is 3.47. The minimum absolute atomic E-state index is 0.239. The maximum Gasteiger partial charge on any atom is 0.0470 e. The van der Waals surface area contributed by atoms with E-state index in [1.54, 1.807) is 0 Å². The standard InChI is InChI=1S/C17H21BrN2/c1-13-5-3-4-6-15(13)12-20(2)17(11-19)14-7-9-16(18)10-8-14/h3-10,17H,11-12,19H2,1-2H3. The van der Waals surface area contributed by atoms with Gasteiger partial charge >= 0.3 is 0 Å². The van der Waals surface area contributed by atoms with Crippen LogP contribution >= 0.6 is 15.9 Å². The smallest absolute Gasteiger partial charge is 0.0470 e. The molecular weight excluding hydrogens is 312 g/mol. The van der Waals surface area contributed by atoms with Gasteiger partial charge in [-0.2, -0.15) is 0 Å². The molecule has 0 aliphatic carbocycles. The molecule has 0 radical (unpaired) electrons. The maximum absolute atomic E-state index is 5.98.